The first kappa shape index (κ1) is 13.8. The second-order valence-corrected chi connectivity index (χ2v) is 5.53. The Morgan fingerprint density at radius 3 is 2.83 bits per heavy atom. The molecule has 0 saturated carbocycles. The molecule has 1 aromatic rings. The molecule has 100 valence electrons. The maximum Gasteiger partial charge on any atom is 0.175 e. The Balaban J connectivity index is 2.37. The molecule has 1 fully saturated rings. The average molecular weight is 292 g/mol. The van der Waals surface area contributed by atoms with E-state index in [1.807, 2.05) is 4.90 Å². The zero-order chi connectivity index (χ0) is 13.3. The van der Waals surface area contributed by atoms with Crippen LogP contribution in [-0.4, -0.2) is 46.7 Å². The molecule has 5 nitrogen and oxygen atoms in total. The van der Waals surface area contributed by atoms with Crippen molar-refractivity contribution in [3.05, 3.63) is 16.4 Å². The summed E-state index contributed by atoms with van der Waals surface area (Å²) >= 11 is 11.9. The Kier molecular flexibility index (Phi) is 3.96. The van der Waals surface area contributed by atoms with Crippen LogP contribution in [-0.2, 0) is 4.74 Å². The Bertz CT molecular complexity index is 437. The van der Waals surface area contributed by atoms with E-state index < -0.39 is 5.60 Å². The van der Waals surface area contributed by atoms with Gasteiger partial charge in [-0.1, -0.05) is 23.2 Å². The molecule has 1 aliphatic rings. The van der Waals surface area contributed by atoms with Gasteiger partial charge in [-0.05, 0) is 13.8 Å². The Hall–Kier alpha value is -0.620. The molecule has 0 bridgehead atoms. The minimum atomic E-state index is -0.917. The van der Waals surface area contributed by atoms with Crippen molar-refractivity contribution in [1.82, 2.24) is 10.2 Å². The van der Waals surface area contributed by atoms with E-state index >= 15 is 0 Å². The summed E-state index contributed by atoms with van der Waals surface area (Å²) < 4.78 is 5.42. The maximum atomic E-state index is 10.2. The molecule has 0 aliphatic carbocycles. The third-order valence-electron chi connectivity index (χ3n) is 2.95. The number of ether oxygens (including phenoxy) is 1. The monoisotopic (exact) mass is 291 g/mol. The van der Waals surface area contributed by atoms with Gasteiger partial charge in [-0.2, -0.15) is 0 Å². The van der Waals surface area contributed by atoms with Crippen LogP contribution in [0.2, 0.25) is 10.3 Å². The number of anilines is 1. The van der Waals surface area contributed by atoms with Crippen molar-refractivity contribution >= 4 is 28.9 Å². The lowest BCUT2D eigenvalue weighted by Gasteiger charge is -2.43. The summed E-state index contributed by atoms with van der Waals surface area (Å²) in [6.45, 7) is 5.10. The summed E-state index contributed by atoms with van der Waals surface area (Å²) in [5.41, 5.74) is -0.244. The third-order valence-corrected chi connectivity index (χ3v) is 3.41. The van der Waals surface area contributed by atoms with Gasteiger partial charge in [0.25, 0.3) is 0 Å². The van der Waals surface area contributed by atoms with E-state index in [1.54, 1.807) is 19.9 Å². The highest BCUT2D eigenvalue weighted by Gasteiger charge is 2.36. The first-order valence-corrected chi connectivity index (χ1v) is 6.40. The molecule has 0 amide bonds. The van der Waals surface area contributed by atoms with Crippen molar-refractivity contribution in [3.63, 3.8) is 0 Å². The van der Waals surface area contributed by atoms with E-state index in [4.69, 9.17) is 27.9 Å². The summed E-state index contributed by atoms with van der Waals surface area (Å²) in [5.74, 6) is 0. The van der Waals surface area contributed by atoms with Crippen LogP contribution in [0.3, 0.4) is 0 Å². The molecule has 1 N–H and O–H groups in total. The van der Waals surface area contributed by atoms with Gasteiger partial charge in [0.15, 0.2) is 10.3 Å². The highest BCUT2D eigenvalue weighted by molar-refractivity contribution is 6.33. The molecule has 1 aromatic heterocycles. The third kappa shape index (κ3) is 2.85. The molecular weight excluding hydrogens is 277 g/mol. The number of aromatic nitrogens is 2. The topological polar surface area (TPSA) is 58.5 Å². The Labute approximate surface area is 116 Å². The molecule has 7 heteroatoms. The fraction of sp³-hybridized carbons (Fsp3) is 0.636. The van der Waals surface area contributed by atoms with Crippen molar-refractivity contribution in [3.8, 4) is 0 Å². The summed E-state index contributed by atoms with van der Waals surface area (Å²) in [4.78, 5) is 1.96. The number of nitrogens with zero attached hydrogens (tertiary/aromatic N) is 3. The highest BCUT2D eigenvalue weighted by Crippen LogP contribution is 2.31. The minimum Gasteiger partial charge on any atom is -0.388 e. The minimum absolute atomic E-state index is 0.205. The van der Waals surface area contributed by atoms with Crippen molar-refractivity contribution in [2.45, 2.75) is 25.5 Å². The van der Waals surface area contributed by atoms with E-state index in [-0.39, 0.29) is 16.3 Å². The van der Waals surface area contributed by atoms with Crippen LogP contribution in [0.4, 0.5) is 5.69 Å². The van der Waals surface area contributed by atoms with Gasteiger partial charge >= 0.3 is 0 Å². The summed E-state index contributed by atoms with van der Waals surface area (Å²) in [6.07, 6.45) is 0. The molecule has 18 heavy (non-hydrogen) atoms. The van der Waals surface area contributed by atoms with Gasteiger partial charge in [0, 0.05) is 12.6 Å². The standard InChI is InChI=1S/C11H15Cl2N3O2/c1-11(2,17)8-6-18-4-3-16(8)7-5-9(12)14-15-10(7)13/h5,8,17H,3-4,6H2,1-2H3. The van der Waals surface area contributed by atoms with Gasteiger partial charge in [0.1, 0.15) is 0 Å². The number of aliphatic hydroxyl groups is 1. The molecule has 2 rings (SSSR count). The smallest absolute Gasteiger partial charge is 0.175 e. The van der Waals surface area contributed by atoms with Gasteiger partial charge in [0.05, 0.1) is 30.5 Å². The van der Waals surface area contributed by atoms with Crippen LogP contribution in [0.15, 0.2) is 6.07 Å². The lowest BCUT2D eigenvalue weighted by molar-refractivity contribution is -0.0129. The SMILES string of the molecule is CC(C)(O)C1COCCN1c1cc(Cl)nnc1Cl. The van der Waals surface area contributed by atoms with Crippen LogP contribution >= 0.6 is 23.2 Å². The first-order valence-electron chi connectivity index (χ1n) is 5.65. The average Bonchev–Trinajstić information content (AvgIpc) is 2.31. The van der Waals surface area contributed by atoms with E-state index in [0.29, 0.717) is 25.4 Å². The van der Waals surface area contributed by atoms with Crippen molar-refractivity contribution in [2.75, 3.05) is 24.7 Å². The Morgan fingerprint density at radius 1 is 1.44 bits per heavy atom. The van der Waals surface area contributed by atoms with Crippen molar-refractivity contribution < 1.29 is 9.84 Å². The maximum absolute atomic E-state index is 10.2. The van der Waals surface area contributed by atoms with Crippen LogP contribution in [0.5, 0.6) is 0 Å². The zero-order valence-electron chi connectivity index (χ0n) is 10.2. The quantitative estimate of drug-likeness (QED) is 0.900. The molecule has 2 heterocycles. The fourth-order valence-corrected chi connectivity index (χ4v) is 2.36. The predicted molar refractivity (Wildman–Crippen MR) is 70.3 cm³/mol. The van der Waals surface area contributed by atoms with Crippen LogP contribution < -0.4 is 4.90 Å². The molecule has 1 aliphatic heterocycles. The lowest BCUT2D eigenvalue weighted by Crippen LogP contribution is -2.56. The molecule has 0 aromatic carbocycles. The van der Waals surface area contributed by atoms with Gasteiger partial charge in [-0.3, -0.25) is 0 Å². The molecule has 1 saturated heterocycles. The normalized spacial score (nSPS) is 21.2. The molecular formula is C11H15Cl2N3O2. The number of morpholine rings is 1. The van der Waals surface area contributed by atoms with Gasteiger partial charge in [-0.25, -0.2) is 0 Å². The van der Waals surface area contributed by atoms with Crippen LogP contribution in [0, 0.1) is 0 Å². The molecule has 0 spiro atoms. The zero-order valence-corrected chi connectivity index (χ0v) is 11.7. The lowest BCUT2D eigenvalue weighted by atomic mass is 9.96. The van der Waals surface area contributed by atoms with E-state index in [9.17, 15) is 5.11 Å². The van der Waals surface area contributed by atoms with Crippen LogP contribution in [0.1, 0.15) is 13.8 Å². The van der Waals surface area contributed by atoms with E-state index in [0.717, 1.165) is 0 Å². The Morgan fingerprint density at radius 2 is 2.17 bits per heavy atom. The summed E-state index contributed by atoms with van der Waals surface area (Å²) in [7, 11) is 0. The molecule has 0 radical (unpaired) electrons. The number of hydrogen-bond donors (Lipinski definition) is 1. The second kappa shape index (κ2) is 5.17. The number of halogens is 2. The van der Waals surface area contributed by atoms with E-state index in [2.05, 4.69) is 10.2 Å². The van der Waals surface area contributed by atoms with E-state index in [1.165, 1.54) is 0 Å². The first-order chi connectivity index (χ1) is 8.39. The van der Waals surface area contributed by atoms with Crippen molar-refractivity contribution in [2.24, 2.45) is 0 Å². The van der Waals surface area contributed by atoms with Gasteiger partial charge in [-0.15, -0.1) is 10.2 Å². The highest BCUT2D eigenvalue weighted by atomic mass is 35.5. The predicted octanol–water partition coefficient (Wildman–Crippen LogP) is 1.76. The summed E-state index contributed by atoms with van der Waals surface area (Å²) in [6, 6.07) is 1.45. The van der Waals surface area contributed by atoms with Crippen LogP contribution in [0.25, 0.3) is 0 Å². The van der Waals surface area contributed by atoms with Gasteiger partial charge in [0.2, 0.25) is 0 Å². The summed E-state index contributed by atoms with van der Waals surface area (Å²) in [5, 5.41) is 18.2. The second-order valence-electron chi connectivity index (χ2n) is 4.78. The van der Waals surface area contributed by atoms with Crippen molar-refractivity contribution in [1.29, 1.82) is 0 Å². The molecule has 1 atom stereocenters. The fourth-order valence-electron chi connectivity index (χ4n) is 2.02. The number of hydrogen-bond acceptors (Lipinski definition) is 5. The number of rotatable bonds is 2. The largest absolute Gasteiger partial charge is 0.388 e. The molecule has 1 unspecified atom stereocenters. The van der Waals surface area contributed by atoms with Gasteiger partial charge < -0.3 is 14.7 Å².